The zero-order chi connectivity index (χ0) is 24.6. The van der Waals surface area contributed by atoms with Crippen LogP contribution in [0.2, 0.25) is 0 Å². The molecule has 10 heteroatoms. The molecule has 1 N–H and O–H groups in total. The summed E-state index contributed by atoms with van der Waals surface area (Å²) in [5.41, 5.74) is 1.30. The van der Waals surface area contributed by atoms with Crippen molar-refractivity contribution in [1.82, 2.24) is 15.3 Å². The molecule has 2 aromatic carbocycles. The van der Waals surface area contributed by atoms with Crippen LogP contribution in [-0.4, -0.2) is 43.2 Å². The van der Waals surface area contributed by atoms with Gasteiger partial charge in [0.05, 0.1) is 6.61 Å². The van der Waals surface area contributed by atoms with E-state index in [9.17, 15) is 18.0 Å². The Labute approximate surface area is 200 Å². The number of halogens is 3. The summed E-state index contributed by atoms with van der Waals surface area (Å²) in [5.74, 6) is 0.328. The fraction of sp³-hybridized carbons (Fsp3) is 0.292. The van der Waals surface area contributed by atoms with Crippen LogP contribution in [0.15, 0.2) is 65.8 Å². The van der Waals surface area contributed by atoms with Crippen LogP contribution in [0.25, 0.3) is 0 Å². The van der Waals surface area contributed by atoms with Crippen molar-refractivity contribution in [3.63, 3.8) is 0 Å². The number of amides is 1. The minimum atomic E-state index is -4.58. The summed E-state index contributed by atoms with van der Waals surface area (Å²) >= 11 is 1.11. The van der Waals surface area contributed by atoms with Crippen LogP contribution in [0.4, 0.5) is 19.0 Å². The maximum absolute atomic E-state index is 13.5. The first-order valence-corrected chi connectivity index (χ1v) is 11.4. The molecule has 0 unspecified atom stereocenters. The maximum atomic E-state index is 13.5. The number of thioether (sulfide) groups is 1. The number of carbonyl (C=O) groups is 1. The number of hydrogen-bond acceptors (Lipinski definition) is 6. The third-order valence-electron chi connectivity index (χ3n) is 4.81. The van der Waals surface area contributed by atoms with Gasteiger partial charge in [0.1, 0.15) is 5.82 Å². The molecule has 0 aliphatic rings. The average Bonchev–Trinajstić information content (AvgIpc) is 2.83. The molecule has 6 nitrogen and oxygen atoms in total. The van der Waals surface area contributed by atoms with E-state index in [1.165, 1.54) is 0 Å². The van der Waals surface area contributed by atoms with Gasteiger partial charge in [-0.25, -0.2) is 9.97 Å². The Hall–Kier alpha value is -3.11. The Morgan fingerprint density at radius 2 is 1.76 bits per heavy atom. The van der Waals surface area contributed by atoms with E-state index in [-0.39, 0.29) is 16.9 Å². The Morgan fingerprint density at radius 3 is 2.41 bits per heavy atom. The fourth-order valence-corrected chi connectivity index (χ4v) is 3.83. The quantitative estimate of drug-likeness (QED) is 0.250. The van der Waals surface area contributed by atoms with Gasteiger partial charge in [0.2, 0.25) is 0 Å². The van der Waals surface area contributed by atoms with Crippen LogP contribution in [0.5, 0.6) is 0 Å². The first kappa shape index (κ1) is 25.5. The highest BCUT2D eigenvalue weighted by molar-refractivity contribution is 7.98. The second-order valence-corrected chi connectivity index (χ2v) is 8.41. The molecule has 1 aromatic heterocycles. The summed E-state index contributed by atoms with van der Waals surface area (Å²) in [4.78, 5) is 21.8. The third-order valence-corrected chi connectivity index (χ3v) is 5.73. The minimum absolute atomic E-state index is 0.0334. The van der Waals surface area contributed by atoms with E-state index in [0.29, 0.717) is 31.0 Å². The molecule has 0 saturated carbocycles. The molecule has 180 valence electrons. The molecule has 3 rings (SSSR count). The largest absolute Gasteiger partial charge is 0.433 e. The lowest BCUT2D eigenvalue weighted by Gasteiger charge is -2.20. The van der Waals surface area contributed by atoms with E-state index in [1.807, 2.05) is 30.3 Å². The van der Waals surface area contributed by atoms with Crippen molar-refractivity contribution in [1.29, 1.82) is 0 Å². The van der Waals surface area contributed by atoms with E-state index in [2.05, 4.69) is 15.3 Å². The number of carbonyl (C=O) groups excluding carboxylic acids is 1. The molecule has 0 fully saturated rings. The molecule has 0 saturated heterocycles. The highest BCUT2D eigenvalue weighted by Gasteiger charge is 2.34. The molecule has 0 aliphatic carbocycles. The van der Waals surface area contributed by atoms with E-state index in [1.54, 1.807) is 43.3 Å². The van der Waals surface area contributed by atoms with E-state index >= 15 is 0 Å². The van der Waals surface area contributed by atoms with E-state index in [0.717, 1.165) is 29.0 Å². The first-order chi connectivity index (χ1) is 16.3. The molecule has 0 radical (unpaired) electrons. The van der Waals surface area contributed by atoms with Gasteiger partial charge < -0.3 is 15.0 Å². The number of nitrogens with zero attached hydrogens (tertiary/aromatic N) is 3. The Bertz CT molecular complexity index is 1080. The van der Waals surface area contributed by atoms with Crippen molar-refractivity contribution in [2.75, 3.05) is 32.2 Å². The predicted molar refractivity (Wildman–Crippen MR) is 126 cm³/mol. The molecular weight excluding hydrogens is 465 g/mol. The van der Waals surface area contributed by atoms with Gasteiger partial charge in [-0.05, 0) is 23.3 Å². The summed E-state index contributed by atoms with van der Waals surface area (Å²) < 4.78 is 45.3. The highest BCUT2D eigenvalue weighted by atomic mass is 32.2. The SMILES string of the molecule is COCCNC(=O)c1ccc(CSc2nc(N(C)Cc3ccccc3)cc(C(F)(F)F)n2)cc1. The molecule has 1 amide bonds. The summed E-state index contributed by atoms with van der Waals surface area (Å²) in [5, 5.41) is 2.76. The number of anilines is 1. The van der Waals surface area contributed by atoms with Crippen LogP contribution in [-0.2, 0) is 23.2 Å². The zero-order valence-corrected chi connectivity index (χ0v) is 19.6. The number of rotatable bonds is 10. The van der Waals surface area contributed by atoms with Crippen molar-refractivity contribution >= 4 is 23.5 Å². The van der Waals surface area contributed by atoms with Crippen molar-refractivity contribution in [3.05, 3.63) is 83.0 Å². The number of hydrogen-bond donors (Lipinski definition) is 1. The normalized spacial score (nSPS) is 11.3. The number of benzene rings is 2. The van der Waals surface area contributed by atoms with Gasteiger partial charge in [-0.15, -0.1) is 0 Å². The molecule has 1 heterocycles. The van der Waals surface area contributed by atoms with Crippen LogP contribution in [0, 0.1) is 0 Å². The Kier molecular flexibility index (Phi) is 8.89. The Morgan fingerprint density at radius 1 is 1.06 bits per heavy atom. The lowest BCUT2D eigenvalue weighted by atomic mass is 10.1. The molecule has 3 aromatic rings. The second-order valence-electron chi connectivity index (χ2n) is 7.47. The lowest BCUT2D eigenvalue weighted by molar-refractivity contribution is -0.141. The summed E-state index contributed by atoms with van der Waals surface area (Å²) in [6.07, 6.45) is -4.58. The molecule has 0 spiro atoms. The third kappa shape index (κ3) is 7.46. The van der Waals surface area contributed by atoms with E-state index in [4.69, 9.17) is 4.74 Å². The smallest absolute Gasteiger partial charge is 0.383 e. The Balaban J connectivity index is 1.71. The number of aromatic nitrogens is 2. The van der Waals surface area contributed by atoms with Crippen LogP contribution >= 0.6 is 11.8 Å². The number of nitrogens with one attached hydrogen (secondary N) is 1. The van der Waals surface area contributed by atoms with Crippen molar-refractivity contribution in [2.24, 2.45) is 0 Å². The number of methoxy groups -OCH3 is 1. The van der Waals surface area contributed by atoms with Gasteiger partial charge in [-0.1, -0.05) is 54.2 Å². The van der Waals surface area contributed by atoms with Gasteiger partial charge in [0.15, 0.2) is 10.9 Å². The summed E-state index contributed by atoms with van der Waals surface area (Å²) in [6, 6.07) is 17.3. The van der Waals surface area contributed by atoms with Crippen molar-refractivity contribution < 1.29 is 22.7 Å². The second kappa shape index (κ2) is 11.8. The van der Waals surface area contributed by atoms with Crippen LogP contribution in [0.1, 0.15) is 27.2 Å². The molecular formula is C24H25F3N4O2S. The number of alkyl halides is 3. The fourth-order valence-electron chi connectivity index (χ4n) is 3.03. The monoisotopic (exact) mass is 490 g/mol. The lowest BCUT2D eigenvalue weighted by Crippen LogP contribution is -2.26. The first-order valence-electron chi connectivity index (χ1n) is 10.5. The van der Waals surface area contributed by atoms with Crippen molar-refractivity contribution in [2.45, 2.75) is 23.6 Å². The maximum Gasteiger partial charge on any atom is 0.433 e. The van der Waals surface area contributed by atoms with Gasteiger partial charge in [-0.2, -0.15) is 13.2 Å². The highest BCUT2D eigenvalue weighted by Crippen LogP contribution is 2.32. The van der Waals surface area contributed by atoms with Crippen LogP contribution < -0.4 is 10.2 Å². The van der Waals surface area contributed by atoms with Gasteiger partial charge >= 0.3 is 6.18 Å². The predicted octanol–water partition coefficient (Wildman–Crippen LogP) is 4.80. The van der Waals surface area contributed by atoms with Gasteiger partial charge in [0, 0.05) is 44.6 Å². The molecule has 34 heavy (non-hydrogen) atoms. The number of ether oxygens (including phenoxy) is 1. The molecule has 0 aliphatic heterocycles. The van der Waals surface area contributed by atoms with Gasteiger partial charge in [-0.3, -0.25) is 4.79 Å². The summed E-state index contributed by atoms with van der Waals surface area (Å²) in [6.45, 7) is 1.23. The molecule has 0 atom stereocenters. The van der Waals surface area contributed by atoms with Crippen LogP contribution in [0.3, 0.4) is 0 Å². The standard InChI is InChI=1S/C24H25F3N4O2S/c1-31(15-17-6-4-3-5-7-17)21-14-20(24(25,26)27)29-23(30-21)34-16-18-8-10-19(11-9-18)22(32)28-12-13-33-2/h3-11,14H,12-13,15-16H2,1-2H3,(H,28,32). The van der Waals surface area contributed by atoms with Gasteiger partial charge in [0.25, 0.3) is 5.91 Å². The topological polar surface area (TPSA) is 67.3 Å². The van der Waals surface area contributed by atoms with Crippen molar-refractivity contribution in [3.8, 4) is 0 Å². The minimum Gasteiger partial charge on any atom is -0.383 e. The average molecular weight is 491 g/mol. The summed E-state index contributed by atoms with van der Waals surface area (Å²) in [7, 11) is 3.25. The zero-order valence-electron chi connectivity index (χ0n) is 18.8. The van der Waals surface area contributed by atoms with E-state index < -0.39 is 11.9 Å². The molecule has 0 bridgehead atoms.